The predicted octanol–water partition coefficient (Wildman–Crippen LogP) is 1.60. The summed E-state index contributed by atoms with van der Waals surface area (Å²) in [6.45, 7) is 6.98. The molecule has 1 fully saturated rings. The predicted molar refractivity (Wildman–Crippen MR) is 78.1 cm³/mol. The third-order valence-electron chi connectivity index (χ3n) is 3.23. The number of piperazine rings is 1. The molecule has 1 atom stereocenters. The van der Waals surface area contributed by atoms with Crippen LogP contribution >= 0.6 is 0 Å². The summed E-state index contributed by atoms with van der Waals surface area (Å²) in [6, 6.07) is 9.33. The smallest absolute Gasteiger partial charge is 0.245 e. The van der Waals surface area contributed by atoms with Gasteiger partial charge in [-0.1, -0.05) is 51.1 Å². The molecule has 0 spiro atoms. The van der Waals surface area contributed by atoms with Crippen LogP contribution in [0.4, 0.5) is 0 Å². The van der Waals surface area contributed by atoms with Crippen molar-refractivity contribution in [2.24, 2.45) is 5.41 Å². The molecular formula is C16H22N2O2. The second-order valence-electron chi connectivity index (χ2n) is 6.56. The summed E-state index contributed by atoms with van der Waals surface area (Å²) in [5.41, 5.74) is 1.05. The van der Waals surface area contributed by atoms with Crippen LogP contribution in [-0.2, 0) is 16.0 Å². The maximum Gasteiger partial charge on any atom is 0.245 e. The molecule has 0 saturated carbocycles. The Morgan fingerprint density at radius 3 is 2.45 bits per heavy atom. The Bertz CT molecular complexity index is 491. The Labute approximate surface area is 120 Å². The van der Waals surface area contributed by atoms with Gasteiger partial charge >= 0.3 is 0 Å². The van der Waals surface area contributed by atoms with Crippen molar-refractivity contribution in [3.8, 4) is 0 Å². The van der Waals surface area contributed by atoms with Gasteiger partial charge in [-0.15, -0.1) is 0 Å². The molecule has 0 aliphatic carbocycles. The highest BCUT2D eigenvalue weighted by Crippen LogP contribution is 2.18. The fraction of sp³-hybridized carbons (Fsp3) is 0.500. The molecule has 1 heterocycles. The molecule has 1 unspecified atom stereocenters. The molecule has 0 radical (unpaired) electrons. The highest BCUT2D eigenvalue weighted by molar-refractivity contribution is 5.95. The maximum absolute atomic E-state index is 12.5. The number of nitrogens with zero attached hydrogens (tertiary/aromatic N) is 1. The van der Waals surface area contributed by atoms with E-state index in [1.165, 1.54) is 0 Å². The maximum atomic E-state index is 12.5. The number of nitrogens with one attached hydrogen (secondary N) is 1. The van der Waals surface area contributed by atoms with Crippen molar-refractivity contribution in [3.63, 3.8) is 0 Å². The molecule has 2 rings (SSSR count). The Hall–Kier alpha value is -1.84. The SMILES string of the molecule is CC(C)(C)CN1CC(=O)NC(Cc2ccccc2)C1=O. The average molecular weight is 274 g/mol. The standard InChI is InChI=1S/C16H22N2O2/c1-16(2,3)11-18-10-14(19)17-13(15(18)20)9-12-7-5-4-6-8-12/h4-8,13H,9-11H2,1-3H3,(H,17,19). The number of amides is 2. The molecule has 20 heavy (non-hydrogen) atoms. The average Bonchev–Trinajstić information content (AvgIpc) is 2.34. The first-order valence-corrected chi connectivity index (χ1v) is 6.97. The Kier molecular flexibility index (Phi) is 4.12. The zero-order valence-electron chi connectivity index (χ0n) is 12.3. The lowest BCUT2D eigenvalue weighted by atomic mass is 9.94. The van der Waals surface area contributed by atoms with E-state index >= 15 is 0 Å². The van der Waals surface area contributed by atoms with E-state index in [0.717, 1.165) is 5.56 Å². The van der Waals surface area contributed by atoms with Gasteiger partial charge in [-0.2, -0.15) is 0 Å². The third-order valence-corrected chi connectivity index (χ3v) is 3.23. The summed E-state index contributed by atoms with van der Waals surface area (Å²) in [7, 11) is 0. The zero-order chi connectivity index (χ0) is 14.8. The quantitative estimate of drug-likeness (QED) is 0.910. The fourth-order valence-electron chi connectivity index (χ4n) is 2.47. The van der Waals surface area contributed by atoms with Crippen molar-refractivity contribution in [1.82, 2.24) is 10.2 Å². The number of hydrogen-bond acceptors (Lipinski definition) is 2. The van der Waals surface area contributed by atoms with E-state index in [1.807, 2.05) is 30.3 Å². The summed E-state index contributed by atoms with van der Waals surface area (Å²) in [5.74, 6) is -0.0573. The van der Waals surface area contributed by atoms with Crippen molar-refractivity contribution >= 4 is 11.8 Å². The minimum atomic E-state index is -0.444. The topological polar surface area (TPSA) is 49.4 Å². The van der Waals surface area contributed by atoms with Crippen LogP contribution in [0.25, 0.3) is 0 Å². The molecule has 1 aromatic carbocycles. The normalized spacial score (nSPS) is 19.9. The van der Waals surface area contributed by atoms with E-state index < -0.39 is 6.04 Å². The van der Waals surface area contributed by atoms with Crippen LogP contribution in [0.2, 0.25) is 0 Å². The number of carbonyl (C=O) groups is 2. The molecule has 1 aliphatic rings. The minimum absolute atomic E-state index is 0.00935. The van der Waals surface area contributed by atoms with Gasteiger partial charge in [0, 0.05) is 13.0 Å². The third kappa shape index (κ3) is 3.83. The van der Waals surface area contributed by atoms with E-state index in [-0.39, 0.29) is 23.8 Å². The van der Waals surface area contributed by atoms with Crippen molar-refractivity contribution in [2.75, 3.05) is 13.1 Å². The minimum Gasteiger partial charge on any atom is -0.342 e. The van der Waals surface area contributed by atoms with Crippen LogP contribution in [0.1, 0.15) is 26.3 Å². The van der Waals surface area contributed by atoms with E-state index in [2.05, 4.69) is 26.1 Å². The lowest BCUT2D eigenvalue weighted by molar-refractivity contribution is -0.145. The highest BCUT2D eigenvalue weighted by atomic mass is 16.2. The van der Waals surface area contributed by atoms with Crippen molar-refractivity contribution < 1.29 is 9.59 Å². The fourth-order valence-corrected chi connectivity index (χ4v) is 2.47. The molecule has 4 heteroatoms. The van der Waals surface area contributed by atoms with Gasteiger partial charge in [0.1, 0.15) is 6.04 Å². The lowest BCUT2D eigenvalue weighted by Crippen LogP contribution is -2.60. The molecule has 1 saturated heterocycles. The molecule has 1 aliphatic heterocycles. The van der Waals surface area contributed by atoms with Crippen LogP contribution in [0.15, 0.2) is 30.3 Å². The van der Waals surface area contributed by atoms with Gasteiger partial charge in [0.15, 0.2) is 0 Å². The zero-order valence-corrected chi connectivity index (χ0v) is 12.3. The number of hydrogen-bond donors (Lipinski definition) is 1. The van der Waals surface area contributed by atoms with Gasteiger partial charge in [0.05, 0.1) is 6.54 Å². The van der Waals surface area contributed by atoms with Crippen molar-refractivity contribution in [2.45, 2.75) is 33.2 Å². The number of rotatable bonds is 3. The molecule has 0 aromatic heterocycles. The molecule has 0 bridgehead atoms. The second kappa shape index (κ2) is 5.65. The van der Waals surface area contributed by atoms with Crippen LogP contribution in [0, 0.1) is 5.41 Å². The summed E-state index contributed by atoms with van der Waals surface area (Å²) in [6.07, 6.45) is 0.548. The van der Waals surface area contributed by atoms with Crippen LogP contribution in [-0.4, -0.2) is 35.8 Å². The van der Waals surface area contributed by atoms with Gasteiger partial charge in [-0.3, -0.25) is 9.59 Å². The lowest BCUT2D eigenvalue weighted by Gasteiger charge is -2.36. The van der Waals surface area contributed by atoms with Gasteiger partial charge in [0.25, 0.3) is 0 Å². The number of benzene rings is 1. The van der Waals surface area contributed by atoms with E-state index in [0.29, 0.717) is 13.0 Å². The van der Waals surface area contributed by atoms with E-state index in [9.17, 15) is 9.59 Å². The molecular weight excluding hydrogens is 252 g/mol. The second-order valence-corrected chi connectivity index (χ2v) is 6.56. The largest absolute Gasteiger partial charge is 0.342 e. The summed E-state index contributed by atoms with van der Waals surface area (Å²) in [5, 5.41) is 2.80. The summed E-state index contributed by atoms with van der Waals surface area (Å²) in [4.78, 5) is 25.9. The Morgan fingerprint density at radius 2 is 1.85 bits per heavy atom. The van der Waals surface area contributed by atoms with Gasteiger partial charge in [-0.05, 0) is 11.0 Å². The monoisotopic (exact) mass is 274 g/mol. The summed E-state index contributed by atoms with van der Waals surface area (Å²) >= 11 is 0. The van der Waals surface area contributed by atoms with Gasteiger partial charge < -0.3 is 10.2 Å². The van der Waals surface area contributed by atoms with Crippen LogP contribution < -0.4 is 5.32 Å². The Morgan fingerprint density at radius 1 is 1.20 bits per heavy atom. The molecule has 1 N–H and O–H groups in total. The molecule has 1 aromatic rings. The van der Waals surface area contributed by atoms with Gasteiger partial charge in [0.2, 0.25) is 11.8 Å². The van der Waals surface area contributed by atoms with Crippen molar-refractivity contribution in [3.05, 3.63) is 35.9 Å². The molecule has 108 valence electrons. The first-order valence-electron chi connectivity index (χ1n) is 6.97. The molecule has 4 nitrogen and oxygen atoms in total. The number of carbonyl (C=O) groups excluding carboxylic acids is 2. The first-order chi connectivity index (χ1) is 9.35. The Balaban J connectivity index is 2.09. The van der Waals surface area contributed by atoms with Crippen LogP contribution in [0.3, 0.4) is 0 Å². The summed E-state index contributed by atoms with van der Waals surface area (Å²) < 4.78 is 0. The van der Waals surface area contributed by atoms with Crippen LogP contribution in [0.5, 0.6) is 0 Å². The highest BCUT2D eigenvalue weighted by Gasteiger charge is 2.34. The first kappa shape index (κ1) is 14.6. The van der Waals surface area contributed by atoms with E-state index in [4.69, 9.17) is 0 Å². The van der Waals surface area contributed by atoms with E-state index in [1.54, 1.807) is 4.90 Å². The molecule has 2 amide bonds. The van der Waals surface area contributed by atoms with Crippen molar-refractivity contribution in [1.29, 1.82) is 0 Å². The van der Waals surface area contributed by atoms with Gasteiger partial charge in [-0.25, -0.2) is 0 Å².